The second-order valence-corrected chi connectivity index (χ2v) is 5.46. The van der Waals surface area contributed by atoms with Crippen molar-refractivity contribution in [1.82, 2.24) is 9.55 Å². The third-order valence-electron chi connectivity index (χ3n) is 3.63. The molecule has 3 rings (SSSR count). The van der Waals surface area contributed by atoms with Gasteiger partial charge in [-0.05, 0) is 42.8 Å². The average Bonchev–Trinajstić information content (AvgIpc) is 2.86. The molecule has 0 aliphatic rings. The molecular weight excluding hydrogens is 337 g/mol. The number of ether oxygens (including phenoxy) is 1. The molecule has 0 fully saturated rings. The maximum atomic E-state index is 12.2. The van der Waals surface area contributed by atoms with E-state index in [1.54, 1.807) is 12.1 Å². The Kier molecular flexibility index (Phi) is 4.52. The Morgan fingerprint density at radius 3 is 2.52 bits per heavy atom. The average molecular weight is 352 g/mol. The Morgan fingerprint density at radius 1 is 1.16 bits per heavy atom. The minimum atomic E-state index is -4.73. The van der Waals surface area contributed by atoms with Crippen molar-refractivity contribution in [3.63, 3.8) is 0 Å². The maximum absolute atomic E-state index is 12.2. The molecule has 0 spiro atoms. The van der Waals surface area contributed by atoms with Gasteiger partial charge in [0.25, 0.3) is 0 Å². The van der Waals surface area contributed by atoms with Gasteiger partial charge in [-0.15, -0.1) is 13.2 Å². The largest absolute Gasteiger partial charge is 0.573 e. The highest BCUT2D eigenvalue weighted by atomic mass is 19.4. The minimum absolute atomic E-state index is 0.305. The van der Waals surface area contributed by atoms with Gasteiger partial charge in [-0.2, -0.15) is 0 Å². The first-order valence-electron chi connectivity index (χ1n) is 7.74. The van der Waals surface area contributed by atoms with Crippen LogP contribution in [0.5, 0.6) is 5.75 Å². The van der Waals surface area contributed by atoms with Crippen molar-refractivity contribution in [3.8, 4) is 17.0 Å². The quantitative estimate of drug-likeness (QED) is 0.685. The molecule has 0 bridgehead atoms. The van der Waals surface area contributed by atoms with Crippen LogP contribution in [0.25, 0.3) is 22.5 Å². The summed E-state index contributed by atoms with van der Waals surface area (Å²) in [7, 11) is 0. The van der Waals surface area contributed by atoms with Gasteiger partial charge in [-0.1, -0.05) is 13.3 Å². The zero-order chi connectivity index (χ0) is 18.0. The molecule has 0 radical (unpaired) electrons. The van der Waals surface area contributed by atoms with Crippen molar-refractivity contribution in [2.45, 2.75) is 32.7 Å². The van der Waals surface area contributed by atoms with Gasteiger partial charge in [-0.3, -0.25) is 4.57 Å². The molecule has 0 atom stereocenters. The fourth-order valence-corrected chi connectivity index (χ4v) is 2.45. The lowest BCUT2D eigenvalue weighted by Gasteiger charge is -2.09. The molecule has 0 amide bonds. The number of hydrogen-bond acceptors (Lipinski definition) is 4. The number of pyridine rings is 1. The van der Waals surface area contributed by atoms with Crippen LogP contribution in [-0.2, 0) is 6.54 Å². The molecule has 0 aliphatic heterocycles. The van der Waals surface area contributed by atoms with Crippen LogP contribution in [0, 0.1) is 0 Å². The summed E-state index contributed by atoms with van der Waals surface area (Å²) in [6.45, 7) is 2.51. The fraction of sp³-hybridized carbons (Fsp3) is 0.294. The van der Waals surface area contributed by atoms with Crippen molar-refractivity contribution in [3.05, 3.63) is 46.9 Å². The fourth-order valence-electron chi connectivity index (χ4n) is 2.45. The van der Waals surface area contributed by atoms with E-state index in [0.29, 0.717) is 29.0 Å². The van der Waals surface area contributed by atoms with E-state index in [0.717, 1.165) is 12.8 Å². The molecule has 0 unspecified atom stereocenters. The van der Waals surface area contributed by atoms with E-state index in [2.05, 4.69) is 9.72 Å². The summed E-state index contributed by atoms with van der Waals surface area (Å²) in [5.41, 5.74) is 1.93. The Labute approximate surface area is 140 Å². The van der Waals surface area contributed by atoms with E-state index in [1.807, 2.05) is 6.92 Å². The molecular formula is C17H15F3N2O3. The molecule has 0 aliphatic carbocycles. The number of unbranched alkanes of at least 4 members (excludes halogenated alkanes) is 1. The van der Waals surface area contributed by atoms with Gasteiger partial charge in [-0.25, -0.2) is 9.78 Å². The van der Waals surface area contributed by atoms with Crippen LogP contribution in [0.15, 0.2) is 45.6 Å². The molecule has 0 N–H and O–H groups in total. The summed E-state index contributed by atoms with van der Waals surface area (Å²) >= 11 is 0. The Hall–Kier alpha value is -2.77. The molecule has 25 heavy (non-hydrogen) atoms. The molecule has 0 saturated carbocycles. The third kappa shape index (κ3) is 3.84. The predicted octanol–water partition coefficient (Wildman–Crippen LogP) is 4.36. The van der Waals surface area contributed by atoms with Crippen LogP contribution < -0.4 is 10.5 Å². The van der Waals surface area contributed by atoms with E-state index in [-0.39, 0.29) is 5.75 Å². The number of aromatic nitrogens is 2. The van der Waals surface area contributed by atoms with E-state index in [4.69, 9.17) is 4.42 Å². The van der Waals surface area contributed by atoms with E-state index in [9.17, 15) is 18.0 Å². The lowest BCUT2D eigenvalue weighted by Crippen LogP contribution is -2.16. The second kappa shape index (κ2) is 6.62. The van der Waals surface area contributed by atoms with Crippen molar-refractivity contribution in [2.24, 2.45) is 0 Å². The molecule has 1 aromatic carbocycles. The molecule has 2 aromatic heterocycles. The summed E-state index contributed by atoms with van der Waals surface area (Å²) in [6.07, 6.45) is -3.01. The minimum Gasteiger partial charge on any atom is -0.406 e. The molecule has 5 nitrogen and oxygen atoms in total. The molecule has 8 heteroatoms. The highest BCUT2D eigenvalue weighted by molar-refractivity contribution is 5.73. The molecule has 132 valence electrons. The van der Waals surface area contributed by atoms with Crippen molar-refractivity contribution >= 4 is 11.2 Å². The first-order valence-corrected chi connectivity index (χ1v) is 7.74. The van der Waals surface area contributed by atoms with Gasteiger partial charge in [0.15, 0.2) is 11.2 Å². The van der Waals surface area contributed by atoms with Crippen molar-refractivity contribution in [1.29, 1.82) is 0 Å². The lowest BCUT2D eigenvalue weighted by molar-refractivity contribution is -0.274. The number of alkyl halides is 3. The van der Waals surface area contributed by atoms with Crippen LogP contribution in [0.2, 0.25) is 0 Å². The normalized spacial score (nSPS) is 11.8. The Balaban J connectivity index is 1.94. The summed E-state index contributed by atoms with van der Waals surface area (Å²) in [4.78, 5) is 16.3. The third-order valence-corrected chi connectivity index (χ3v) is 3.63. The van der Waals surface area contributed by atoms with E-state index >= 15 is 0 Å². The Bertz CT molecular complexity index is 927. The smallest absolute Gasteiger partial charge is 0.406 e. The van der Waals surface area contributed by atoms with Gasteiger partial charge >= 0.3 is 12.1 Å². The van der Waals surface area contributed by atoms with E-state index in [1.165, 1.54) is 28.8 Å². The van der Waals surface area contributed by atoms with Gasteiger partial charge in [0.1, 0.15) is 5.75 Å². The SMILES string of the molecule is CCCCn1c(=O)oc2ccc(-c3ccc(OC(F)(F)F)cc3)nc21. The van der Waals surface area contributed by atoms with Crippen LogP contribution in [0.3, 0.4) is 0 Å². The monoisotopic (exact) mass is 352 g/mol. The second-order valence-electron chi connectivity index (χ2n) is 5.46. The number of aryl methyl sites for hydroxylation is 1. The van der Waals surface area contributed by atoms with Crippen LogP contribution in [0.4, 0.5) is 13.2 Å². The number of oxazole rings is 1. The topological polar surface area (TPSA) is 57.3 Å². The summed E-state index contributed by atoms with van der Waals surface area (Å²) in [5, 5.41) is 0. The predicted molar refractivity (Wildman–Crippen MR) is 85.3 cm³/mol. The van der Waals surface area contributed by atoms with Crippen molar-refractivity contribution in [2.75, 3.05) is 0 Å². The van der Waals surface area contributed by atoms with Gasteiger partial charge in [0.2, 0.25) is 0 Å². The summed E-state index contributed by atoms with van der Waals surface area (Å²) in [6, 6.07) is 8.66. The van der Waals surface area contributed by atoms with Crippen LogP contribution in [0.1, 0.15) is 19.8 Å². The molecule has 0 saturated heterocycles. The van der Waals surface area contributed by atoms with Gasteiger partial charge in [0.05, 0.1) is 5.69 Å². The number of benzene rings is 1. The number of hydrogen-bond donors (Lipinski definition) is 0. The summed E-state index contributed by atoms with van der Waals surface area (Å²) in [5.74, 6) is -0.775. The first kappa shape index (κ1) is 17.1. The standard InChI is InChI=1S/C17H15F3N2O3/c1-2-3-10-22-15-14(24-16(22)23)9-8-13(21-15)11-4-6-12(7-5-11)25-17(18,19)20/h4-9H,2-3,10H2,1H3. The zero-order valence-electron chi connectivity index (χ0n) is 13.3. The number of halogens is 3. The highest BCUT2D eigenvalue weighted by Crippen LogP contribution is 2.26. The van der Waals surface area contributed by atoms with Crippen LogP contribution >= 0.6 is 0 Å². The number of fused-ring (bicyclic) bond motifs is 1. The van der Waals surface area contributed by atoms with Crippen LogP contribution in [-0.4, -0.2) is 15.9 Å². The zero-order valence-corrected chi connectivity index (χ0v) is 13.3. The highest BCUT2D eigenvalue weighted by Gasteiger charge is 2.31. The molecule has 3 aromatic rings. The number of rotatable bonds is 5. The Morgan fingerprint density at radius 2 is 1.88 bits per heavy atom. The number of nitrogens with zero attached hydrogens (tertiary/aromatic N) is 2. The lowest BCUT2D eigenvalue weighted by atomic mass is 10.1. The van der Waals surface area contributed by atoms with Gasteiger partial charge < -0.3 is 9.15 Å². The molecule has 2 heterocycles. The van der Waals surface area contributed by atoms with Gasteiger partial charge in [0, 0.05) is 12.1 Å². The first-order chi connectivity index (χ1) is 11.9. The summed E-state index contributed by atoms with van der Waals surface area (Å²) < 4.78 is 47.1. The maximum Gasteiger partial charge on any atom is 0.573 e. The van der Waals surface area contributed by atoms with Crippen molar-refractivity contribution < 1.29 is 22.3 Å². The van der Waals surface area contributed by atoms with E-state index < -0.39 is 12.1 Å².